The second kappa shape index (κ2) is 11.6. The van der Waals surface area contributed by atoms with Crippen molar-refractivity contribution in [2.24, 2.45) is 0 Å². The van der Waals surface area contributed by atoms with Gasteiger partial charge in [-0.2, -0.15) is 4.31 Å². The number of aliphatic hydroxyl groups is 1. The molecule has 1 spiro atoms. The first-order chi connectivity index (χ1) is 20.6. The van der Waals surface area contributed by atoms with Crippen molar-refractivity contribution in [1.82, 2.24) is 19.7 Å². The van der Waals surface area contributed by atoms with Gasteiger partial charge >= 0.3 is 0 Å². The molecule has 2 fully saturated rings. The van der Waals surface area contributed by atoms with Gasteiger partial charge in [0.15, 0.2) is 0 Å². The van der Waals surface area contributed by atoms with Crippen LogP contribution in [-0.4, -0.2) is 84.8 Å². The number of benzene rings is 2. The number of hydrogen-bond donors (Lipinski definition) is 2. The van der Waals surface area contributed by atoms with E-state index in [2.05, 4.69) is 15.4 Å². The number of carbonyl (C=O) groups excluding carboxylic acids is 1. The molecule has 2 aromatic carbocycles. The quantitative estimate of drug-likeness (QED) is 0.457. The van der Waals surface area contributed by atoms with Crippen LogP contribution in [0.5, 0.6) is 11.5 Å². The summed E-state index contributed by atoms with van der Waals surface area (Å²) in [6.45, 7) is 6.09. The number of aryl methyl sites for hydroxylation is 2. The number of nitrogens with one attached hydrogen (secondary N) is 1. The molecule has 0 saturated carbocycles. The first-order valence-corrected chi connectivity index (χ1v) is 16.1. The zero-order valence-corrected chi connectivity index (χ0v) is 25.5. The largest absolute Gasteiger partial charge is 0.497 e. The Bertz CT molecular complexity index is 1590. The third-order valence-electron chi connectivity index (χ3n) is 9.07. The van der Waals surface area contributed by atoms with E-state index in [4.69, 9.17) is 14.0 Å². The van der Waals surface area contributed by atoms with Crippen LogP contribution in [0.15, 0.2) is 51.9 Å². The number of sulfonamides is 1. The molecule has 3 aliphatic heterocycles. The number of piperidine rings is 1. The molecule has 2 N–H and O–H groups in total. The Labute approximate surface area is 251 Å². The van der Waals surface area contributed by atoms with Crippen molar-refractivity contribution in [3.63, 3.8) is 0 Å². The number of ether oxygens (including phenoxy) is 2. The standard InChI is InChI=1S/C31H38N4O7S/c1-20-26(21(2)42-33-20)19-34-12-9-31(10-13-34)11-14-41-28-16-23(22-5-4-6-25(15-22)40-3)7-8-29(28)43(38,39)35-18-24(36)17-27(35)30(37)32-31/h4-8,15-16,24,27,36H,9-14,17-19H2,1-3H3,(H,32,37)/t24-,27+/m1/s1. The maximum absolute atomic E-state index is 14.0. The summed E-state index contributed by atoms with van der Waals surface area (Å²) in [7, 11) is -2.57. The lowest BCUT2D eigenvalue weighted by molar-refractivity contribution is -0.127. The van der Waals surface area contributed by atoms with E-state index in [1.165, 1.54) is 6.07 Å². The first kappa shape index (κ1) is 29.6. The molecule has 0 aliphatic carbocycles. The number of aliphatic hydroxyl groups excluding tert-OH is 1. The first-order valence-electron chi connectivity index (χ1n) is 14.7. The van der Waals surface area contributed by atoms with E-state index in [0.717, 1.165) is 45.5 Å². The van der Waals surface area contributed by atoms with Crippen molar-refractivity contribution in [3.8, 4) is 22.6 Å². The smallest absolute Gasteiger partial charge is 0.247 e. The van der Waals surface area contributed by atoms with Gasteiger partial charge < -0.3 is 24.4 Å². The van der Waals surface area contributed by atoms with Crippen LogP contribution in [0.4, 0.5) is 0 Å². The van der Waals surface area contributed by atoms with Gasteiger partial charge in [-0.25, -0.2) is 8.42 Å². The molecular weight excluding hydrogens is 572 g/mol. The molecule has 3 aliphatic rings. The molecule has 6 rings (SSSR count). The second-order valence-electron chi connectivity index (χ2n) is 11.8. The van der Waals surface area contributed by atoms with Gasteiger partial charge in [0.05, 0.1) is 25.5 Å². The van der Waals surface area contributed by atoms with Crippen molar-refractivity contribution < 1.29 is 32.3 Å². The lowest BCUT2D eigenvalue weighted by Crippen LogP contribution is -2.59. The number of fused-ring (bicyclic) bond motifs is 2. The molecule has 0 bridgehead atoms. The summed E-state index contributed by atoms with van der Waals surface area (Å²) >= 11 is 0. The van der Waals surface area contributed by atoms with E-state index in [1.807, 2.05) is 38.1 Å². The monoisotopic (exact) mass is 610 g/mol. The molecule has 3 aromatic rings. The van der Waals surface area contributed by atoms with Gasteiger partial charge in [-0.3, -0.25) is 9.69 Å². The molecule has 12 heteroatoms. The highest BCUT2D eigenvalue weighted by Crippen LogP contribution is 2.38. The highest BCUT2D eigenvalue weighted by Gasteiger charge is 2.47. The Morgan fingerprint density at radius 2 is 1.88 bits per heavy atom. The Balaban J connectivity index is 1.31. The highest BCUT2D eigenvalue weighted by atomic mass is 32.2. The van der Waals surface area contributed by atoms with Crippen molar-refractivity contribution in [2.45, 2.75) is 68.7 Å². The van der Waals surface area contributed by atoms with Gasteiger partial charge in [0, 0.05) is 50.1 Å². The van der Waals surface area contributed by atoms with Crippen molar-refractivity contribution in [1.29, 1.82) is 0 Å². The molecule has 43 heavy (non-hydrogen) atoms. The fourth-order valence-corrected chi connectivity index (χ4v) is 8.21. The Morgan fingerprint density at radius 3 is 2.60 bits per heavy atom. The molecule has 4 heterocycles. The topological polar surface area (TPSA) is 134 Å². The van der Waals surface area contributed by atoms with Crippen molar-refractivity contribution in [3.05, 3.63) is 59.5 Å². The minimum Gasteiger partial charge on any atom is -0.497 e. The Kier molecular flexibility index (Phi) is 7.97. The zero-order chi connectivity index (χ0) is 30.4. The van der Waals surface area contributed by atoms with Gasteiger partial charge in [-0.05, 0) is 62.1 Å². The van der Waals surface area contributed by atoms with Crippen molar-refractivity contribution in [2.75, 3.05) is 33.4 Å². The van der Waals surface area contributed by atoms with Gasteiger partial charge in [-0.1, -0.05) is 23.4 Å². The summed E-state index contributed by atoms with van der Waals surface area (Å²) in [6, 6.07) is 11.5. The molecule has 1 amide bonds. The molecule has 0 unspecified atom stereocenters. The van der Waals surface area contributed by atoms with Gasteiger partial charge in [-0.15, -0.1) is 0 Å². The van der Waals surface area contributed by atoms with Crippen LogP contribution in [0, 0.1) is 13.8 Å². The number of carbonyl (C=O) groups is 1. The molecule has 2 saturated heterocycles. The van der Waals surface area contributed by atoms with Crippen LogP contribution in [0.2, 0.25) is 0 Å². The number of nitrogens with zero attached hydrogens (tertiary/aromatic N) is 3. The maximum Gasteiger partial charge on any atom is 0.247 e. The van der Waals surface area contributed by atoms with E-state index in [-0.39, 0.29) is 36.1 Å². The predicted octanol–water partition coefficient (Wildman–Crippen LogP) is 3.02. The predicted molar refractivity (Wildman–Crippen MR) is 158 cm³/mol. The third kappa shape index (κ3) is 5.76. The summed E-state index contributed by atoms with van der Waals surface area (Å²) in [6.07, 6.45) is 0.948. The van der Waals surface area contributed by atoms with E-state index in [0.29, 0.717) is 31.6 Å². The summed E-state index contributed by atoms with van der Waals surface area (Å²) in [5, 5.41) is 17.8. The number of amides is 1. The molecule has 2 atom stereocenters. The normalized spacial score (nSPS) is 24.0. The number of hydrogen-bond acceptors (Lipinski definition) is 9. The van der Waals surface area contributed by atoms with E-state index in [1.54, 1.807) is 19.2 Å². The Hall–Kier alpha value is -3.45. The highest BCUT2D eigenvalue weighted by molar-refractivity contribution is 7.89. The average molecular weight is 611 g/mol. The van der Waals surface area contributed by atoms with Crippen LogP contribution in [0.1, 0.15) is 42.7 Å². The minimum atomic E-state index is -4.16. The number of likely N-dealkylation sites (tertiary alicyclic amines) is 1. The molecule has 230 valence electrons. The second-order valence-corrected chi connectivity index (χ2v) is 13.7. The van der Waals surface area contributed by atoms with E-state index in [9.17, 15) is 18.3 Å². The van der Waals surface area contributed by atoms with Crippen LogP contribution in [0.3, 0.4) is 0 Å². The Morgan fingerprint density at radius 1 is 1.12 bits per heavy atom. The third-order valence-corrected chi connectivity index (χ3v) is 11.0. The fourth-order valence-electron chi connectivity index (χ4n) is 6.46. The average Bonchev–Trinajstić information content (AvgIpc) is 3.55. The van der Waals surface area contributed by atoms with Crippen LogP contribution >= 0.6 is 0 Å². The minimum absolute atomic E-state index is 0.0173. The molecular formula is C31H38N4O7S. The van der Waals surface area contributed by atoms with Crippen LogP contribution < -0.4 is 14.8 Å². The van der Waals surface area contributed by atoms with Crippen LogP contribution in [-0.2, 0) is 21.4 Å². The summed E-state index contributed by atoms with van der Waals surface area (Å²) < 4.78 is 46.1. The molecule has 1 aromatic heterocycles. The number of rotatable bonds is 4. The van der Waals surface area contributed by atoms with E-state index < -0.39 is 27.7 Å². The fraction of sp³-hybridized carbons (Fsp3) is 0.484. The molecule has 11 nitrogen and oxygen atoms in total. The SMILES string of the molecule is COc1cccc(-c2ccc3c(c2)OCCC2(CCN(Cc4c(C)noc4C)CC2)NC(=O)[C@@H]2C[C@@H](O)CN2S3(=O)=O)c1. The summed E-state index contributed by atoms with van der Waals surface area (Å²) in [5.41, 5.74) is 3.00. The lowest BCUT2D eigenvalue weighted by atomic mass is 9.84. The number of methoxy groups -OCH3 is 1. The lowest BCUT2D eigenvalue weighted by Gasteiger charge is -2.43. The zero-order valence-electron chi connectivity index (χ0n) is 24.7. The van der Waals surface area contributed by atoms with Gasteiger partial charge in [0.1, 0.15) is 28.2 Å². The number of aromatic nitrogens is 1. The summed E-state index contributed by atoms with van der Waals surface area (Å²) in [5.74, 6) is 1.34. The van der Waals surface area contributed by atoms with Gasteiger partial charge in [0.25, 0.3) is 0 Å². The van der Waals surface area contributed by atoms with Crippen molar-refractivity contribution >= 4 is 15.9 Å². The van der Waals surface area contributed by atoms with Gasteiger partial charge in [0.2, 0.25) is 15.9 Å². The summed E-state index contributed by atoms with van der Waals surface area (Å²) in [4.78, 5) is 16.1. The molecule has 0 radical (unpaired) electrons. The maximum atomic E-state index is 14.0. The van der Waals surface area contributed by atoms with E-state index >= 15 is 0 Å². The van der Waals surface area contributed by atoms with Crippen LogP contribution in [0.25, 0.3) is 11.1 Å².